The summed E-state index contributed by atoms with van der Waals surface area (Å²) in [5.74, 6) is -3.23. The topological polar surface area (TPSA) is 199 Å². The number of imide groups is 2. The average Bonchev–Trinajstić information content (AvgIpc) is 2.80. The van der Waals surface area contributed by atoms with E-state index >= 15 is 0 Å². The smallest absolute Gasteiger partial charge is 0.335 e. The summed E-state index contributed by atoms with van der Waals surface area (Å²) in [5, 5.41) is 12.4. The van der Waals surface area contributed by atoms with Gasteiger partial charge in [0.25, 0.3) is 17.4 Å². The number of anilines is 1. The van der Waals surface area contributed by atoms with E-state index in [0.29, 0.717) is 10.1 Å². The zero-order chi connectivity index (χ0) is 27.3. The third kappa shape index (κ3) is 6.56. The molecule has 1 aliphatic rings. The molecule has 0 unspecified atom stereocenters. The number of carbonyl (C=O) groups excluding carboxylic acids is 3. The molecule has 0 spiro atoms. The number of aromatic nitrogens is 2. The van der Waals surface area contributed by atoms with Gasteiger partial charge in [0.05, 0.1) is 15.8 Å². The van der Waals surface area contributed by atoms with Crippen LogP contribution in [0.3, 0.4) is 0 Å². The first-order valence-corrected chi connectivity index (χ1v) is 12.3. The van der Waals surface area contributed by atoms with E-state index in [1.165, 1.54) is 36.4 Å². The highest BCUT2D eigenvalue weighted by Gasteiger charge is 2.36. The Kier molecular flexibility index (Phi) is 8.04. The maximum atomic E-state index is 12.8. The Morgan fingerprint density at radius 2 is 1.78 bits per heavy atom. The zero-order valence-corrected chi connectivity index (χ0v) is 20.1. The molecule has 13 nitrogen and oxygen atoms in total. The van der Waals surface area contributed by atoms with Crippen molar-refractivity contribution in [1.29, 1.82) is 0 Å². The molecule has 1 aliphatic heterocycles. The minimum Gasteiger partial charge on any atom is -0.748 e. The van der Waals surface area contributed by atoms with Crippen LogP contribution in [0.2, 0.25) is 0 Å². The van der Waals surface area contributed by atoms with E-state index < -0.39 is 50.8 Å². The third-order valence-electron chi connectivity index (χ3n) is 5.12. The lowest BCUT2D eigenvalue weighted by molar-refractivity contribution is -0.122. The lowest BCUT2D eigenvalue weighted by atomic mass is 10.1. The highest BCUT2D eigenvalue weighted by atomic mass is 32.2. The van der Waals surface area contributed by atoms with Gasteiger partial charge in [-0.15, -0.1) is 0 Å². The van der Waals surface area contributed by atoms with Gasteiger partial charge in [0.1, 0.15) is 11.1 Å². The number of nitrogens with zero attached hydrogens (tertiary/aromatic N) is 2. The van der Waals surface area contributed by atoms with Crippen LogP contribution in [0.4, 0.5) is 10.5 Å². The van der Waals surface area contributed by atoms with Crippen LogP contribution in [0.25, 0.3) is 6.08 Å². The molecular formula is C23H21N4O9S-. The van der Waals surface area contributed by atoms with Crippen molar-refractivity contribution in [2.75, 3.05) is 10.7 Å². The molecule has 0 aliphatic carbocycles. The third-order valence-corrected chi connectivity index (χ3v) is 5.91. The SMILES string of the molecule is CC(/C=C/c1c(O)n(CCCS(=O)(=O)[O-])c(=O)[nH]c1=O)=C\C=C1/C(=O)NC(=O)N(c2ccccc2)C1=O. The monoisotopic (exact) mass is 529 g/mol. The molecule has 0 bridgehead atoms. The van der Waals surface area contributed by atoms with Crippen LogP contribution in [-0.2, 0) is 26.3 Å². The summed E-state index contributed by atoms with van der Waals surface area (Å²) in [4.78, 5) is 64.1. The molecule has 0 atom stereocenters. The van der Waals surface area contributed by atoms with Crippen molar-refractivity contribution < 1.29 is 32.5 Å². The van der Waals surface area contributed by atoms with E-state index in [1.54, 1.807) is 25.1 Å². The van der Waals surface area contributed by atoms with Crippen LogP contribution in [-0.4, -0.2) is 51.2 Å². The molecular weight excluding hydrogens is 508 g/mol. The summed E-state index contributed by atoms with van der Waals surface area (Å²) in [5.41, 5.74) is -1.88. The van der Waals surface area contributed by atoms with Crippen molar-refractivity contribution in [2.45, 2.75) is 19.9 Å². The quantitative estimate of drug-likeness (QED) is 0.187. The Morgan fingerprint density at radius 1 is 1.11 bits per heavy atom. The van der Waals surface area contributed by atoms with Crippen LogP contribution in [0, 0.1) is 0 Å². The lowest BCUT2D eigenvalue weighted by Crippen LogP contribution is -2.54. The number of benzene rings is 1. The van der Waals surface area contributed by atoms with Gasteiger partial charge >= 0.3 is 11.7 Å². The molecule has 1 fully saturated rings. The Balaban J connectivity index is 1.85. The number of aromatic hydroxyl groups is 1. The fourth-order valence-corrected chi connectivity index (χ4v) is 3.79. The standard InChI is InChI=1S/C23H22N4O9S/c1-14(8-10-16-18(28)24-22(32)26(20(16)30)12-5-13-37(34,35)36)9-11-17-19(29)25-23(33)27(21(17)31)15-6-3-2-4-7-15/h2-4,6-11,30H,5,12-13H2,1H3,(H,24,28,32)(H,25,29,33)(H,34,35,36)/p-1/b10-8+,14-9+,17-11+. The Morgan fingerprint density at radius 3 is 2.43 bits per heavy atom. The Labute approximate surface area is 209 Å². The average molecular weight is 530 g/mol. The van der Waals surface area contributed by atoms with Crippen LogP contribution in [0.1, 0.15) is 18.9 Å². The van der Waals surface area contributed by atoms with E-state index in [4.69, 9.17) is 0 Å². The van der Waals surface area contributed by atoms with Gasteiger partial charge in [-0.1, -0.05) is 35.9 Å². The van der Waals surface area contributed by atoms with Gasteiger partial charge in [0.2, 0.25) is 5.88 Å². The number of carbonyl (C=O) groups is 3. The summed E-state index contributed by atoms with van der Waals surface area (Å²) in [6, 6.07) is 7.10. The molecule has 1 aromatic heterocycles. The van der Waals surface area contributed by atoms with Gasteiger partial charge in [0.15, 0.2) is 0 Å². The number of urea groups is 1. The summed E-state index contributed by atoms with van der Waals surface area (Å²) in [7, 11) is -4.53. The fourth-order valence-electron chi connectivity index (χ4n) is 3.31. The van der Waals surface area contributed by atoms with E-state index in [1.807, 2.05) is 4.98 Å². The first-order valence-electron chi connectivity index (χ1n) is 10.7. The minimum absolute atomic E-state index is 0.264. The van der Waals surface area contributed by atoms with Gasteiger partial charge in [0, 0.05) is 12.3 Å². The van der Waals surface area contributed by atoms with Crippen molar-refractivity contribution in [1.82, 2.24) is 14.9 Å². The van der Waals surface area contributed by atoms with Crippen molar-refractivity contribution in [3.63, 3.8) is 0 Å². The maximum Gasteiger partial charge on any atom is 0.335 e. The first-order chi connectivity index (χ1) is 17.4. The number of hydrogen-bond acceptors (Lipinski definition) is 9. The van der Waals surface area contributed by atoms with E-state index in [2.05, 4.69) is 5.32 Å². The highest BCUT2D eigenvalue weighted by Crippen LogP contribution is 2.20. The van der Waals surface area contributed by atoms with Gasteiger partial charge in [-0.05, 0) is 37.6 Å². The molecule has 3 rings (SSSR count). The molecule has 2 aromatic rings. The molecule has 1 aromatic carbocycles. The summed E-state index contributed by atoms with van der Waals surface area (Å²) < 4.78 is 33.0. The van der Waals surface area contributed by atoms with Crippen molar-refractivity contribution in [2.24, 2.45) is 0 Å². The number of rotatable bonds is 8. The minimum atomic E-state index is -4.53. The van der Waals surface area contributed by atoms with Gasteiger partial charge in [-0.3, -0.25) is 29.3 Å². The summed E-state index contributed by atoms with van der Waals surface area (Å²) in [6.07, 6.45) is 4.81. The normalized spacial score (nSPS) is 16.1. The predicted octanol–water partition coefficient (Wildman–Crippen LogP) is 0.346. The predicted molar refractivity (Wildman–Crippen MR) is 131 cm³/mol. The molecule has 4 amide bonds. The first kappa shape index (κ1) is 27.0. The number of hydrogen-bond donors (Lipinski definition) is 3. The fraction of sp³-hybridized carbons (Fsp3) is 0.174. The van der Waals surface area contributed by atoms with Crippen molar-refractivity contribution >= 4 is 39.7 Å². The number of amides is 4. The molecule has 194 valence electrons. The van der Waals surface area contributed by atoms with Crippen LogP contribution in [0.5, 0.6) is 5.88 Å². The summed E-state index contributed by atoms with van der Waals surface area (Å²) in [6.45, 7) is 1.22. The molecule has 1 saturated heterocycles. The largest absolute Gasteiger partial charge is 0.748 e. The second-order valence-electron chi connectivity index (χ2n) is 7.82. The summed E-state index contributed by atoms with van der Waals surface area (Å²) >= 11 is 0. The molecule has 14 heteroatoms. The number of H-pyrrole nitrogens is 1. The van der Waals surface area contributed by atoms with Crippen molar-refractivity contribution in [3.05, 3.63) is 86.1 Å². The number of nitrogens with one attached hydrogen (secondary N) is 2. The maximum absolute atomic E-state index is 12.8. The number of barbiturate groups is 1. The van der Waals surface area contributed by atoms with E-state index in [-0.39, 0.29) is 29.8 Å². The number of aromatic amines is 1. The molecule has 2 heterocycles. The van der Waals surface area contributed by atoms with Gasteiger partial charge < -0.3 is 9.66 Å². The van der Waals surface area contributed by atoms with E-state index in [9.17, 15) is 42.0 Å². The molecule has 37 heavy (non-hydrogen) atoms. The lowest BCUT2D eigenvalue weighted by Gasteiger charge is -2.26. The molecule has 0 saturated carbocycles. The van der Waals surface area contributed by atoms with Crippen LogP contribution < -0.4 is 21.5 Å². The second-order valence-corrected chi connectivity index (χ2v) is 9.35. The van der Waals surface area contributed by atoms with Gasteiger partial charge in [-0.2, -0.15) is 0 Å². The Bertz CT molecular complexity index is 1570. The van der Waals surface area contributed by atoms with Crippen molar-refractivity contribution in [3.8, 4) is 5.88 Å². The Hall–Kier alpha value is -4.56. The number of allylic oxidation sites excluding steroid dienone is 4. The zero-order valence-electron chi connectivity index (χ0n) is 19.3. The highest BCUT2D eigenvalue weighted by molar-refractivity contribution is 7.85. The van der Waals surface area contributed by atoms with Crippen LogP contribution >= 0.6 is 0 Å². The molecule has 3 N–H and O–H groups in total. The van der Waals surface area contributed by atoms with E-state index in [0.717, 1.165) is 4.90 Å². The number of para-hydroxylation sites is 1. The molecule has 0 radical (unpaired) electrons. The van der Waals surface area contributed by atoms with Crippen LogP contribution in [0.15, 0.2) is 69.3 Å². The van der Waals surface area contributed by atoms with Gasteiger partial charge in [-0.25, -0.2) is 22.9 Å². The second kappa shape index (κ2) is 11.0.